The largest absolute Gasteiger partial charge is 0.411 e. The third-order valence-electron chi connectivity index (χ3n) is 2.63. The second-order valence-corrected chi connectivity index (χ2v) is 5.47. The molecule has 0 spiro atoms. The van der Waals surface area contributed by atoms with Gasteiger partial charge in [0.1, 0.15) is 6.61 Å². The van der Waals surface area contributed by atoms with E-state index in [1.54, 1.807) is 0 Å². The maximum absolute atomic E-state index is 11.9. The van der Waals surface area contributed by atoms with Crippen LogP contribution in [0.15, 0.2) is 29.2 Å². The molecule has 1 aromatic rings. The van der Waals surface area contributed by atoms with Crippen molar-refractivity contribution < 1.29 is 17.9 Å². The monoisotopic (exact) mass is 307 g/mol. The molecule has 6 heteroatoms. The molecule has 0 heterocycles. The molecule has 1 atom stereocenters. The van der Waals surface area contributed by atoms with E-state index in [-0.39, 0.29) is 12.0 Å². The fraction of sp³-hybridized carbons (Fsp3) is 0.571. The van der Waals surface area contributed by atoms with Crippen LogP contribution < -0.4 is 5.32 Å². The van der Waals surface area contributed by atoms with Gasteiger partial charge in [-0.05, 0) is 37.6 Å². The highest BCUT2D eigenvalue weighted by atomic mass is 32.2. The zero-order valence-electron chi connectivity index (χ0n) is 11.7. The van der Waals surface area contributed by atoms with Crippen LogP contribution in [0.3, 0.4) is 0 Å². The Labute approximate surface area is 122 Å². The molecule has 0 bridgehead atoms. The molecule has 114 valence electrons. The van der Waals surface area contributed by atoms with Crippen LogP contribution in [-0.2, 0) is 4.74 Å². The maximum Gasteiger partial charge on any atom is 0.411 e. The lowest BCUT2D eigenvalue weighted by atomic mass is 10.1. The normalized spacial score (nSPS) is 13.4. The zero-order chi connectivity index (χ0) is 15.0. The van der Waals surface area contributed by atoms with E-state index in [2.05, 4.69) is 23.9 Å². The van der Waals surface area contributed by atoms with Crippen molar-refractivity contribution in [3.8, 4) is 0 Å². The molecule has 0 aliphatic heterocycles. The van der Waals surface area contributed by atoms with Gasteiger partial charge in [0, 0.05) is 10.9 Å². The number of hydrogen-bond acceptors (Lipinski definition) is 3. The minimum atomic E-state index is -4.26. The summed E-state index contributed by atoms with van der Waals surface area (Å²) in [5.74, 6) is -0.000265. The van der Waals surface area contributed by atoms with Crippen LogP contribution in [0.4, 0.5) is 13.2 Å². The number of nitrogens with one attached hydrogen (secondary N) is 1. The Bertz CT molecular complexity index is 398. The van der Waals surface area contributed by atoms with Crippen molar-refractivity contribution in [3.05, 3.63) is 29.8 Å². The van der Waals surface area contributed by atoms with Crippen molar-refractivity contribution >= 4 is 11.8 Å². The Morgan fingerprint density at radius 1 is 1.35 bits per heavy atom. The fourth-order valence-electron chi connectivity index (χ4n) is 1.62. The molecule has 0 aliphatic carbocycles. The standard InChI is InChI=1S/C14H20F3NOS/c1-3-7-18-11(2)12-5-4-6-13(8-12)20-10-19-9-14(15,16)17/h4-6,8,11,18H,3,7,9-10H2,1-2H3. The third-order valence-corrected chi connectivity index (χ3v) is 3.51. The number of halogens is 3. The van der Waals surface area contributed by atoms with Crippen molar-refractivity contribution in [2.75, 3.05) is 19.1 Å². The van der Waals surface area contributed by atoms with Crippen LogP contribution in [0.25, 0.3) is 0 Å². The Hall–Kier alpha value is -0.720. The first-order valence-corrected chi connectivity index (χ1v) is 7.51. The average Bonchev–Trinajstić information content (AvgIpc) is 2.40. The second kappa shape index (κ2) is 8.54. The third kappa shape index (κ3) is 7.17. The van der Waals surface area contributed by atoms with Gasteiger partial charge < -0.3 is 10.1 Å². The summed E-state index contributed by atoms with van der Waals surface area (Å²) in [5, 5.41) is 3.37. The number of benzene rings is 1. The predicted octanol–water partition coefficient (Wildman–Crippen LogP) is 4.38. The topological polar surface area (TPSA) is 21.3 Å². The molecule has 0 aliphatic rings. The molecule has 0 saturated heterocycles. The Morgan fingerprint density at radius 3 is 2.75 bits per heavy atom. The molecule has 0 radical (unpaired) electrons. The van der Waals surface area contributed by atoms with E-state index >= 15 is 0 Å². The van der Waals surface area contributed by atoms with E-state index in [4.69, 9.17) is 0 Å². The second-order valence-electron chi connectivity index (χ2n) is 4.47. The van der Waals surface area contributed by atoms with Crippen LogP contribution in [0, 0.1) is 0 Å². The Morgan fingerprint density at radius 2 is 2.10 bits per heavy atom. The zero-order valence-corrected chi connectivity index (χ0v) is 12.5. The number of hydrogen-bond donors (Lipinski definition) is 1. The van der Waals surface area contributed by atoms with Crippen molar-refractivity contribution in [3.63, 3.8) is 0 Å². The highest BCUT2D eigenvalue weighted by Gasteiger charge is 2.27. The van der Waals surface area contributed by atoms with Gasteiger partial charge in [-0.15, -0.1) is 0 Å². The molecule has 1 unspecified atom stereocenters. The molecule has 0 saturated carbocycles. The molecular formula is C14H20F3NOS. The van der Waals surface area contributed by atoms with Gasteiger partial charge in [0.25, 0.3) is 0 Å². The molecule has 2 nitrogen and oxygen atoms in total. The van der Waals surface area contributed by atoms with Gasteiger partial charge in [0.2, 0.25) is 0 Å². The van der Waals surface area contributed by atoms with Crippen LogP contribution in [0.1, 0.15) is 31.9 Å². The minimum absolute atomic E-state index is 0.000265. The van der Waals surface area contributed by atoms with Gasteiger partial charge in [-0.3, -0.25) is 0 Å². The van der Waals surface area contributed by atoms with E-state index in [1.165, 1.54) is 11.8 Å². The van der Waals surface area contributed by atoms with Crippen LogP contribution in [0.5, 0.6) is 0 Å². The first-order valence-electron chi connectivity index (χ1n) is 6.53. The molecule has 1 N–H and O–H groups in total. The predicted molar refractivity (Wildman–Crippen MR) is 75.9 cm³/mol. The highest BCUT2D eigenvalue weighted by Crippen LogP contribution is 2.23. The van der Waals surface area contributed by atoms with E-state index in [0.29, 0.717) is 0 Å². The fourth-order valence-corrected chi connectivity index (χ4v) is 2.32. The summed E-state index contributed by atoms with van der Waals surface area (Å²) in [6.45, 7) is 3.91. The van der Waals surface area contributed by atoms with Crippen LogP contribution in [0.2, 0.25) is 0 Å². The average molecular weight is 307 g/mol. The van der Waals surface area contributed by atoms with Gasteiger partial charge in [0.05, 0.1) is 5.94 Å². The van der Waals surface area contributed by atoms with Gasteiger partial charge in [0.15, 0.2) is 0 Å². The quantitative estimate of drug-likeness (QED) is 0.437. The molecular weight excluding hydrogens is 287 g/mol. The summed E-state index contributed by atoms with van der Waals surface area (Å²) in [5.41, 5.74) is 1.12. The SMILES string of the molecule is CCCNC(C)c1cccc(SCOCC(F)(F)F)c1. The number of rotatable bonds is 8. The van der Waals surface area contributed by atoms with E-state index in [0.717, 1.165) is 23.4 Å². The summed E-state index contributed by atoms with van der Waals surface area (Å²) in [4.78, 5) is 0.912. The lowest BCUT2D eigenvalue weighted by Gasteiger charge is -2.14. The van der Waals surface area contributed by atoms with Crippen molar-refractivity contribution in [2.45, 2.75) is 37.4 Å². The van der Waals surface area contributed by atoms with E-state index in [9.17, 15) is 13.2 Å². The summed E-state index contributed by atoms with van der Waals surface area (Å²) in [6, 6.07) is 8.00. The van der Waals surface area contributed by atoms with Crippen molar-refractivity contribution in [1.82, 2.24) is 5.32 Å². The van der Waals surface area contributed by atoms with Gasteiger partial charge in [-0.25, -0.2) is 0 Å². The minimum Gasteiger partial charge on any atom is -0.361 e. The van der Waals surface area contributed by atoms with E-state index < -0.39 is 12.8 Å². The van der Waals surface area contributed by atoms with Crippen molar-refractivity contribution in [1.29, 1.82) is 0 Å². The maximum atomic E-state index is 11.9. The number of alkyl halides is 3. The first kappa shape index (κ1) is 17.3. The van der Waals surface area contributed by atoms with Gasteiger partial charge in [-0.2, -0.15) is 13.2 Å². The number of ether oxygens (including phenoxy) is 1. The van der Waals surface area contributed by atoms with E-state index in [1.807, 2.05) is 24.3 Å². The Kier molecular flexibility index (Phi) is 7.40. The molecule has 0 fully saturated rings. The smallest absolute Gasteiger partial charge is 0.361 e. The number of thioether (sulfide) groups is 1. The Balaban J connectivity index is 2.43. The van der Waals surface area contributed by atoms with Crippen LogP contribution in [-0.4, -0.2) is 25.3 Å². The van der Waals surface area contributed by atoms with Crippen molar-refractivity contribution in [2.24, 2.45) is 0 Å². The molecule has 1 aromatic carbocycles. The van der Waals surface area contributed by atoms with Gasteiger partial charge >= 0.3 is 6.18 Å². The highest BCUT2D eigenvalue weighted by molar-refractivity contribution is 7.99. The molecule has 20 heavy (non-hydrogen) atoms. The summed E-state index contributed by atoms with van der Waals surface area (Å²) < 4.78 is 40.4. The lowest BCUT2D eigenvalue weighted by Crippen LogP contribution is -2.19. The first-order chi connectivity index (χ1) is 9.42. The lowest BCUT2D eigenvalue weighted by molar-refractivity contribution is -0.168. The molecule has 0 aromatic heterocycles. The summed E-state index contributed by atoms with van der Waals surface area (Å²) >= 11 is 1.27. The van der Waals surface area contributed by atoms with Crippen LogP contribution >= 0.6 is 11.8 Å². The summed E-state index contributed by atoms with van der Waals surface area (Å²) in [7, 11) is 0. The van der Waals surface area contributed by atoms with Gasteiger partial charge in [-0.1, -0.05) is 30.8 Å². The molecule has 1 rings (SSSR count). The summed E-state index contributed by atoms with van der Waals surface area (Å²) in [6.07, 6.45) is -3.20. The molecule has 0 amide bonds.